The Bertz CT molecular complexity index is 1080. The number of ketones is 2. The van der Waals surface area contributed by atoms with E-state index in [9.17, 15) is 19.6 Å². The highest BCUT2D eigenvalue weighted by molar-refractivity contribution is 6.06. The van der Waals surface area contributed by atoms with Gasteiger partial charge in [-0.25, -0.2) is 0 Å². The summed E-state index contributed by atoms with van der Waals surface area (Å²) < 4.78 is 6.12. The van der Waals surface area contributed by atoms with E-state index >= 15 is 0 Å². The van der Waals surface area contributed by atoms with Crippen molar-refractivity contribution in [3.63, 3.8) is 0 Å². The number of allylic oxidation sites excluding steroid dienone is 3. The van der Waals surface area contributed by atoms with Crippen LogP contribution >= 0.6 is 0 Å². The van der Waals surface area contributed by atoms with Crippen LogP contribution < -0.4 is 0 Å². The molecule has 2 bridgehead atoms. The molecule has 2 saturated carbocycles. The third-order valence-electron chi connectivity index (χ3n) is 10.7. The zero-order chi connectivity index (χ0) is 23.5. The zero-order valence-corrected chi connectivity index (χ0v) is 20.0. The minimum absolute atomic E-state index is 0.0163. The SMILES string of the molecule is CC[C@@]12CCC3[C@](OC1=O)(C(=O)C=C1[C@@]4(C)C=C(C#N)C(=O)C(C)(C)C4CC[C@]13C)C2C. The molecule has 3 unspecified atom stereocenters. The fourth-order valence-corrected chi connectivity index (χ4v) is 8.94. The molecule has 0 radical (unpaired) electrons. The number of fused-ring (bicyclic) bond motifs is 5. The minimum Gasteiger partial charge on any atom is -0.450 e. The van der Waals surface area contributed by atoms with Crippen molar-refractivity contribution in [3.05, 3.63) is 23.3 Å². The first-order chi connectivity index (χ1) is 14.9. The van der Waals surface area contributed by atoms with Gasteiger partial charge < -0.3 is 4.74 Å². The molecule has 0 N–H and O–H groups in total. The lowest BCUT2D eigenvalue weighted by Crippen LogP contribution is -2.65. The highest BCUT2D eigenvalue weighted by atomic mass is 16.6. The summed E-state index contributed by atoms with van der Waals surface area (Å²) in [5.41, 5.74) is -2.00. The predicted molar refractivity (Wildman–Crippen MR) is 118 cm³/mol. The molecule has 1 spiro atoms. The normalized spacial score (nSPS) is 48.5. The molecule has 1 saturated heterocycles. The maximum Gasteiger partial charge on any atom is 0.313 e. The fourth-order valence-electron chi connectivity index (χ4n) is 8.94. The highest BCUT2D eigenvalue weighted by Crippen LogP contribution is 2.72. The lowest BCUT2D eigenvalue weighted by molar-refractivity contribution is -0.174. The first-order valence-electron chi connectivity index (χ1n) is 12.0. The molecule has 5 heteroatoms. The topological polar surface area (TPSA) is 84.2 Å². The van der Waals surface area contributed by atoms with Crippen molar-refractivity contribution in [1.82, 2.24) is 0 Å². The molecule has 4 aliphatic carbocycles. The van der Waals surface area contributed by atoms with Crippen molar-refractivity contribution in [2.24, 2.45) is 39.4 Å². The van der Waals surface area contributed by atoms with Gasteiger partial charge in [-0.15, -0.1) is 0 Å². The first kappa shape index (κ1) is 21.6. The van der Waals surface area contributed by atoms with Crippen LogP contribution in [0.1, 0.15) is 73.6 Å². The molecule has 5 aliphatic rings. The number of hydrogen-bond acceptors (Lipinski definition) is 5. The van der Waals surface area contributed by atoms with E-state index in [1.54, 1.807) is 6.08 Å². The molecule has 0 aromatic carbocycles. The summed E-state index contributed by atoms with van der Waals surface area (Å²) in [4.78, 5) is 40.0. The number of rotatable bonds is 1. The molecule has 0 aromatic heterocycles. The molecule has 0 aromatic rings. The van der Waals surface area contributed by atoms with Gasteiger partial charge in [0.2, 0.25) is 0 Å². The molecule has 0 amide bonds. The van der Waals surface area contributed by atoms with E-state index in [4.69, 9.17) is 4.74 Å². The van der Waals surface area contributed by atoms with Crippen LogP contribution in [0.5, 0.6) is 0 Å². The summed E-state index contributed by atoms with van der Waals surface area (Å²) in [5, 5.41) is 9.72. The van der Waals surface area contributed by atoms with Gasteiger partial charge in [-0.2, -0.15) is 5.26 Å². The quantitative estimate of drug-likeness (QED) is 0.557. The van der Waals surface area contributed by atoms with E-state index in [2.05, 4.69) is 19.9 Å². The number of Topliss-reactive ketones (excluding diaryl/α,β-unsaturated/α-hetero) is 1. The zero-order valence-electron chi connectivity index (χ0n) is 20.0. The molecule has 1 aliphatic heterocycles. The van der Waals surface area contributed by atoms with Crippen LogP contribution in [0, 0.1) is 50.7 Å². The first-order valence-corrected chi connectivity index (χ1v) is 12.0. The lowest BCUT2D eigenvalue weighted by Gasteiger charge is -2.63. The lowest BCUT2D eigenvalue weighted by atomic mass is 9.39. The van der Waals surface area contributed by atoms with Gasteiger partial charge in [-0.1, -0.05) is 53.2 Å². The molecule has 170 valence electrons. The largest absolute Gasteiger partial charge is 0.450 e. The van der Waals surface area contributed by atoms with Gasteiger partial charge in [0.05, 0.1) is 11.0 Å². The average Bonchev–Trinajstić information content (AvgIpc) is 2.85. The second kappa shape index (κ2) is 6.01. The smallest absolute Gasteiger partial charge is 0.313 e. The van der Waals surface area contributed by atoms with E-state index in [1.165, 1.54) is 0 Å². The van der Waals surface area contributed by atoms with Crippen LogP contribution in [0.4, 0.5) is 0 Å². The van der Waals surface area contributed by atoms with Gasteiger partial charge in [-0.05, 0) is 49.5 Å². The third kappa shape index (κ3) is 2.04. The van der Waals surface area contributed by atoms with Crippen molar-refractivity contribution in [1.29, 1.82) is 5.26 Å². The second-order valence-electron chi connectivity index (χ2n) is 11.9. The average molecular weight is 436 g/mol. The Morgan fingerprint density at radius 3 is 2.38 bits per heavy atom. The van der Waals surface area contributed by atoms with Crippen LogP contribution in [0.15, 0.2) is 23.3 Å². The molecular weight excluding hydrogens is 402 g/mol. The minimum atomic E-state index is -1.09. The Balaban J connectivity index is 1.73. The van der Waals surface area contributed by atoms with Gasteiger partial charge in [0.1, 0.15) is 6.07 Å². The number of carbonyl (C=O) groups is 3. The Hall–Kier alpha value is -2.22. The number of nitriles is 1. The molecule has 1 heterocycles. The van der Waals surface area contributed by atoms with Gasteiger partial charge >= 0.3 is 5.97 Å². The Kier molecular flexibility index (Phi) is 4.06. The van der Waals surface area contributed by atoms with Crippen molar-refractivity contribution >= 4 is 17.5 Å². The number of hydrogen-bond donors (Lipinski definition) is 0. The maximum absolute atomic E-state index is 13.9. The van der Waals surface area contributed by atoms with E-state index in [1.807, 2.05) is 33.8 Å². The summed E-state index contributed by atoms with van der Waals surface area (Å²) in [7, 11) is 0. The molecule has 3 fully saturated rings. The van der Waals surface area contributed by atoms with E-state index in [-0.39, 0.29) is 46.3 Å². The predicted octanol–water partition coefficient (Wildman–Crippen LogP) is 4.72. The molecule has 5 nitrogen and oxygen atoms in total. The summed E-state index contributed by atoms with van der Waals surface area (Å²) in [5.74, 6) is -0.639. The van der Waals surface area contributed by atoms with Crippen LogP contribution in [0.25, 0.3) is 0 Å². The van der Waals surface area contributed by atoms with Crippen LogP contribution in [0.3, 0.4) is 0 Å². The third-order valence-corrected chi connectivity index (χ3v) is 10.7. The van der Waals surface area contributed by atoms with Gasteiger partial charge in [-0.3, -0.25) is 14.4 Å². The van der Waals surface area contributed by atoms with Gasteiger partial charge in [0, 0.05) is 22.7 Å². The van der Waals surface area contributed by atoms with Crippen molar-refractivity contribution in [2.75, 3.05) is 0 Å². The summed E-state index contributed by atoms with van der Waals surface area (Å²) in [6.45, 7) is 12.3. The van der Waals surface area contributed by atoms with E-state index in [0.29, 0.717) is 6.42 Å². The number of esters is 1. The van der Waals surface area contributed by atoms with E-state index in [0.717, 1.165) is 31.3 Å². The molecule has 7 atom stereocenters. The Morgan fingerprint density at radius 1 is 1.09 bits per heavy atom. The fraction of sp³-hybridized carbons (Fsp3) is 0.704. The monoisotopic (exact) mass is 435 g/mol. The summed E-state index contributed by atoms with van der Waals surface area (Å²) >= 11 is 0. The summed E-state index contributed by atoms with van der Waals surface area (Å²) in [6.07, 6.45) is 7.47. The Morgan fingerprint density at radius 2 is 1.75 bits per heavy atom. The van der Waals surface area contributed by atoms with Crippen LogP contribution in [0.2, 0.25) is 0 Å². The summed E-state index contributed by atoms with van der Waals surface area (Å²) in [6, 6.07) is 2.12. The highest BCUT2D eigenvalue weighted by Gasteiger charge is 2.75. The van der Waals surface area contributed by atoms with Crippen molar-refractivity contribution in [2.45, 2.75) is 79.2 Å². The number of nitrogens with zero attached hydrogens (tertiary/aromatic N) is 1. The number of ether oxygens (including phenoxy) is 1. The molecule has 5 rings (SSSR count). The van der Waals surface area contributed by atoms with Crippen molar-refractivity contribution in [3.8, 4) is 6.07 Å². The Labute approximate surface area is 190 Å². The second-order valence-corrected chi connectivity index (χ2v) is 11.9. The maximum atomic E-state index is 13.9. The standard InChI is InChI=1S/C27H33NO4/c1-7-26-11-9-18-24(5)10-8-17-23(3,4)21(30)16(14-28)13-25(17,6)19(24)12-20(29)27(18,15(26)2)32-22(26)31/h12-13,15,17-18H,7-11H2,1-6H3/t15?,17?,18?,24-,25-,26-,27-/m0/s1. The van der Waals surface area contributed by atoms with Crippen LogP contribution in [-0.4, -0.2) is 23.1 Å². The van der Waals surface area contributed by atoms with Crippen LogP contribution in [-0.2, 0) is 19.1 Å². The van der Waals surface area contributed by atoms with Gasteiger partial charge in [0.25, 0.3) is 0 Å². The number of carbonyl (C=O) groups excluding carboxylic acids is 3. The van der Waals surface area contributed by atoms with E-state index < -0.39 is 21.8 Å². The molecular formula is C27H33NO4. The van der Waals surface area contributed by atoms with Crippen molar-refractivity contribution < 1.29 is 19.1 Å². The van der Waals surface area contributed by atoms with Gasteiger partial charge in [0.15, 0.2) is 17.2 Å². The molecule has 32 heavy (non-hydrogen) atoms.